The number of carbonyl (C=O) groups excluding carboxylic acids is 3. The second-order valence-electron chi connectivity index (χ2n) is 3.96. The third kappa shape index (κ3) is 3.42. The van der Waals surface area contributed by atoms with Gasteiger partial charge in [0.25, 0.3) is 0 Å². The van der Waals surface area contributed by atoms with Crippen LogP contribution in [-0.2, 0) is 14.4 Å². The van der Waals surface area contributed by atoms with Gasteiger partial charge in [-0.25, -0.2) is 0 Å². The van der Waals surface area contributed by atoms with Gasteiger partial charge in [-0.15, -0.1) is 0 Å². The lowest BCUT2D eigenvalue weighted by molar-refractivity contribution is -0.150. The number of carbonyl (C=O) groups is 3. The Morgan fingerprint density at radius 2 is 2.00 bits per heavy atom. The van der Waals surface area contributed by atoms with E-state index in [4.69, 9.17) is 11.5 Å². The summed E-state index contributed by atoms with van der Waals surface area (Å²) in [6, 6.07) is -0.667. The summed E-state index contributed by atoms with van der Waals surface area (Å²) in [6.07, 6.45) is 2.13. The number of rotatable bonds is 3. The number of nitrogens with two attached hydrogens (primary N) is 2. The van der Waals surface area contributed by atoms with Crippen LogP contribution in [0.15, 0.2) is 0 Å². The minimum absolute atomic E-state index is 0.236. The highest BCUT2D eigenvalue weighted by molar-refractivity contribution is 6.35. The van der Waals surface area contributed by atoms with Crippen LogP contribution in [0.4, 0.5) is 0 Å². The molecule has 1 aliphatic heterocycles. The highest BCUT2D eigenvalue weighted by Gasteiger charge is 2.33. The fourth-order valence-electron chi connectivity index (χ4n) is 1.86. The van der Waals surface area contributed by atoms with E-state index in [0.717, 1.165) is 12.8 Å². The van der Waals surface area contributed by atoms with Gasteiger partial charge in [0, 0.05) is 19.6 Å². The Balaban J connectivity index is 2.64. The normalized spacial score (nSPS) is 19.8. The zero-order chi connectivity index (χ0) is 12.8. The van der Waals surface area contributed by atoms with E-state index in [1.54, 1.807) is 0 Å². The fourth-order valence-corrected chi connectivity index (χ4v) is 1.86. The maximum Gasteiger partial charge on any atom is 0.312 e. The van der Waals surface area contributed by atoms with Gasteiger partial charge in [0.2, 0.25) is 5.91 Å². The maximum absolute atomic E-state index is 11.8. The minimum Gasteiger partial charge on any atom is -0.368 e. The molecule has 1 heterocycles. The first-order valence-corrected chi connectivity index (χ1v) is 5.66. The molecule has 0 spiro atoms. The topological polar surface area (TPSA) is 119 Å². The van der Waals surface area contributed by atoms with Crippen LogP contribution in [-0.4, -0.2) is 48.3 Å². The molecule has 96 valence electrons. The SMILES string of the molecule is NCCNC(=O)C(=O)N1CCCCC1C(N)=O. The molecular formula is C10H18N4O3. The van der Waals surface area contributed by atoms with Crippen molar-refractivity contribution in [2.75, 3.05) is 19.6 Å². The van der Waals surface area contributed by atoms with Gasteiger partial charge in [-0.1, -0.05) is 0 Å². The molecule has 0 bridgehead atoms. The molecular weight excluding hydrogens is 224 g/mol. The molecule has 3 amide bonds. The van der Waals surface area contributed by atoms with Crippen molar-refractivity contribution in [1.29, 1.82) is 0 Å². The van der Waals surface area contributed by atoms with Gasteiger partial charge in [-0.2, -0.15) is 0 Å². The van der Waals surface area contributed by atoms with E-state index in [9.17, 15) is 14.4 Å². The van der Waals surface area contributed by atoms with Crippen LogP contribution in [0, 0.1) is 0 Å². The summed E-state index contributed by atoms with van der Waals surface area (Å²) in [4.78, 5) is 35.7. The second kappa shape index (κ2) is 6.19. The van der Waals surface area contributed by atoms with Crippen molar-refractivity contribution in [1.82, 2.24) is 10.2 Å². The number of nitrogens with one attached hydrogen (secondary N) is 1. The number of hydrogen-bond donors (Lipinski definition) is 3. The van der Waals surface area contributed by atoms with Gasteiger partial charge in [0.15, 0.2) is 0 Å². The smallest absolute Gasteiger partial charge is 0.312 e. The van der Waals surface area contributed by atoms with E-state index >= 15 is 0 Å². The number of amides is 3. The number of hydrogen-bond acceptors (Lipinski definition) is 4. The number of likely N-dealkylation sites (tertiary alicyclic amines) is 1. The summed E-state index contributed by atoms with van der Waals surface area (Å²) in [5, 5.41) is 2.38. The Kier molecular flexibility index (Phi) is 4.89. The molecule has 0 aromatic rings. The largest absolute Gasteiger partial charge is 0.368 e. The summed E-state index contributed by atoms with van der Waals surface area (Å²) in [5.41, 5.74) is 10.4. The zero-order valence-electron chi connectivity index (χ0n) is 9.65. The zero-order valence-corrected chi connectivity index (χ0v) is 9.65. The van der Waals surface area contributed by atoms with Gasteiger partial charge >= 0.3 is 11.8 Å². The van der Waals surface area contributed by atoms with E-state index in [1.165, 1.54) is 4.90 Å². The molecule has 1 rings (SSSR count). The lowest BCUT2D eigenvalue weighted by atomic mass is 10.0. The molecule has 7 heteroatoms. The molecule has 1 atom stereocenters. The van der Waals surface area contributed by atoms with Crippen molar-refractivity contribution in [3.05, 3.63) is 0 Å². The molecule has 1 unspecified atom stereocenters. The molecule has 7 nitrogen and oxygen atoms in total. The Morgan fingerprint density at radius 3 is 2.59 bits per heavy atom. The molecule has 5 N–H and O–H groups in total. The van der Waals surface area contributed by atoms with E-state index < -0.39 is 23.8 Å². The Hall–Kier alpha value is -1.63. The third-order valence-corrected chi connectivity index (χ3v) is 2.72. The molecule has 1 aliphatic rings. The highest BCUT2D eigenvalue weighted by atomic mass is 16.2. The molecule has 0 aromatic carbocycles. The van der Waals surface area contributed by atoms with Crippen LogP contribution in [0.1, 0.15) is 19.3 Å². The summed E-state index contributed by atoms with van der Waals surface area (Å²) in [5.74, 6) is -2.00. The molecule has 0 saturated carbocycles. The Labute approximate surface area is 99.5 Å². The summed E-state index contributed by atoms with van der Waals surface area (Å²) < 4.78 is 0. The van der Waals surface area contributed by atoms with Gasteiger partial charge in [-0.05, 0) is 19.3 Å². The Morgan fingerprint density at radius 1 is 1.29 bits per heavy atom. The van der Waals surface area contributed by atoms with Crippen molar-refractivity contribution in [3.8, 4) is 0 Å². The van der Waals surface area contributed by atoms with Crippen molar-refractivity contribution >= 4 is 17.7 Å². The quantitative estimate of drug-likeness (QED) is 0.492. The van der Waals surface area contributed by atoms with Gasteiger partial charge < -0.3 is 21.7 Å². The van der Waals surface area contributed by atoms with Crippen molar-refractivity contribution < 1.29 is 14.4 Å². The summed E-state index contributed by atoms with van der Waals surface area (Å²) in [6.45, 7) is 0.889. The first kappa shape index (κ1) is 13.4. The number of piperidine rings is 1. The molecule has 1 saturated heterocycles. The van der Waals surface area contributed by atoms with Crippen LogP contribution in [0.2, 0.25) is 0 Å². The molecule has 0 aliphatic carbocycles. The first-order chi connectivity index (χ1) is 8.07. The fraction of sp³-hybridized carbons (Fsp3) is 0.700. The number of nitrogens with zero attached hydrogens (tertiary/aromatic N) is 1. The molecule has 17 heavy (non-hydrogen) atoms. The van der Waals surface area contributed by atoms with Crippen molar-refractivity contribution in [2.24, 2.45) is 11.5 Å². The Bertz CT molecular complexity index is 319. The summed E-state index contributed by atoms with van der Waals surface area (Å²) in [7, 11) is 0. The van der Waals surface area contributed by atoms with E-state index in [2.05, 4.69) is 5.32 Å². The van der Waals surface area contributed by atoms with Crippen LogP contribution in [0.3, 0.4) is 0 Å². The van der Waals surface area contributed by atoms with E-state index in [0.29, 0.717) is 13.0 Å². The maximum atomic E-state index is 11.8. The minimum atomic E-state index is -0.733. The monoisotopic (exact) mass is 242 g/mol. The highest BCUT2D eigenvalue weighted by Crippen LogP contribution is 2.16. The predicted octanol–water partition coefficient (Wildman–Crippen LogP) is -2.07. The van der Waals surface area contributed by atoms with Gasteiger partial charge in [-0.3, -0.25) is 14.4 Å². The van der Waals surface area contributed by atoms with Crippen LogP contribution in [0.25, 0.3) is 0 Å². The van der Waals surface area contributed by atoms with Crippen LogP contribution in [0.5, 0.6) is 0 Å². The average Bonchev–Trinajstić information content (AvgIpc) is 2.34. The first-order valence-electron chi connectivity index (χ1n) is 5.66. The predicted molar refractivity (Wildman–Crippen MR) is 60.6 cm³/mol. The molecule has 0 radical (unpaired) electrons. The molecule has 0 aromatic heterocycles. The van der Waals surface area contributed by atoms with Crippen molar-refractivity contribution in [2.45, 2.75) is 25.3 Å². The van der Waals surface area contributed by atoms with Crippen LogP contribution < -0.4 is 16.8 Å². The van der Waals surface area contributed by atoms with Gasteiger partial charge in [0.05, 0.1) is 0 Å². The summed E-state index contributed by atoms with van der Waals surface area (Å²) >= 11 is 0. The van der Waals surface area contributed by atoms with Crippen LogP contribution >= 0.6 is 0 Å². The van der Waals surface area contributed by atoms with Crippen molar-refractivity contribution in [3.63, 3.8) is 0 Å². The third-order valence-electron chi connectivity index (χ3n) is 2.72. The lowest BCUT2D eigenvalue weighted by Gasteiger charge is -2.32. The molecule has 1 fully saturated rings. The second-order valence-corrected chi connectivity index (χ2v) is 3.96. The lowest BCUT2D eigenvalue weighted by Crippen LogP contribution is -2.54. The average molecular weight is 242 g/mol. The van der Waals surface area contributed by atoms with E-state index in [-0.39, 0.29) is 13.1 Å². The van der Waals surface area contributed by atoms with Gasteiger partial charge in [0.1, 0.15) is 6.04 Å². The van der Waals surface area contributed by atoms with E-state index in [1.807, 2.05) is 0 Å². The number of primary amides is 1. The standard InChI is InChI=1S/C10H18N4O3/c11-4-5-13-9(16)10(17)14-6-2-1-3-7(14)8(12)15/h7H,1-6,11H2,(H2,12,15)(H,13,16).